The lowest BCUT2D eigenvalue weighted by atomic mass is 10.2. The number of aliphatic carboxylic acids is 1. The van der Waals surface area contributed by atoms with Gasteiger partial charge in [0.1, 0.15) is 5.15 Å². The van der Waals surface area contributed by atoms with Crippen molar-refractivity contribution in [3.8, 4) is 5.69 Å². The van der Waals surface area contributed by atoms with Crippen LogP contribution in [0.15, 0.2) is 24.3 Å². The molecule has 1 aliphatic rings. The molecule has 1 N–H and O–H groups in total. The van der Waals surface area contributed by atoms with Crippen molar-refractivity contribution in [2.75, 3.05) is 19.7 Å². The summed E-state index contributed by atoms with van der Waals surface area (Å²) in [6.07, 6.45) is -0.805. The first-order valence-corrected chi connectivity index (χ1v) is 8.28. The first-order valence-electron chi connectivity index (χ1n) is 7.52. The predicted octanol–water partition coefficient (Wildman–Crippen LogP) is 2.77. The lowest BCUT2D eigenvalue weighted by Gasteiger charge is -2.30. The van der Waals surface area contributed by atoms with E-state index >= 15 is 0 Å². The molecule has 0 spiro atoms. The van der Waals surface area contributed by atoms with Crippen LogP contribution in [0, 0.1) is 6.92 Å². The molecule has 0 aliphatic carbocycles. The maximum absolute atomic E-state index is 11.1. The van der Waals surface area contributed by atoms with Crippen LogP contribution < -0.4 is 0 Å². The van der Waals surface area contributed by atoms with Crippen LogP contribution >= 0.6 is 23.2 Å². The Morgan fingerprint density at radius 1 is 1.46 bits per heavy atom. The van der Waals surface area contributed by atoms with E-state index in [1.165, 1.54) is 0 Å². The van der Waals surface area contributed by atoms with Crippen molar-refractivity contribution in [1.29, 1.82) is 0 Å². The highest BCUT2D eigenvalue weighted by Gasteiger charge is 2.27. The topological polar surface area (TPSA) is 67.6 Å². The third kappa shape index (κ3) is 3.57. The van der Waals surface area contributed by atoms with Crippen molar-refractivity contribution in [2.45, 2.75) is 19.6 Å². The number of ether oxygens (including phenoxy) is 1. The molecule has 1 aromatic heterocycles. The lowest BCUT2D eigenvalue weighted by molar-refractivity contribution is -0.156. The van der Waals surface area contributed by atoms with Gasteiger partial charge in [0.2, 0.25) is 0 Å². The average Bonchev–Trinajstić information content (AvgIpc) is 2.83. The number of hydrogen-bond acceptors (Lipinski definition) is 4. The van der Waals surface area contributed by atoms with Crippen LogP contribution in [0.5, 0.6) is 0 Å². The van der Waals surface area contributed by atoms with E-state index in [1.54, 1.807) is 16.8 Å². The van der Waals surface area contributed by atoms with E-state index in [4.69, 9.17) is 33.0 Å². The van der Waals surface area contributed by atoms with E-state index in [1.807, 2.05) is 24.0 Å². The molecule has 24 heavy (non-hydrogen) atoms. The van der Waals surface area contributed by atoms with Crippen LogP contribution in [0.4, 0.5) is 0 Å². The quantitative estimate of drug-likeness (QED) is 0.897. The second-order valence-corrected chi connectivity index (χ2v) is 6.47. The fourth-order valence-electron chi connectivity index (χ4n) is 2.71. The number of aromatic nitrogens is 2. The Labute approximate surface area is 149 Å². The van der Waals surface area contributed by atoms with Gasteiger partial charge in [-0.3, -0.25) is 4.90 Å². The summed E-state index contributed by atoms with van der Waals surface area (Å²) >= 11 is 12.6. The summed E-state index contributed by atoms with van der Waals surface area (Å²) < 4.78 is 6.89. The number of rotatable bonds is 4. The van der Waals surface area contributed by atoms with Crippen molar-refractivity contribution in [3.05, 3.63) is 45.7 Å². The van der Waals surface area contributed by atoms with Gasteiger partial charge in [0.25, 0.3) is 0 Å². The Morgan fingerprint density at radius 3 is 2.96 bits per heavy atom. The van der Waals surface area contributed by atoms with E-state index in [9.17, 15) is 4.79 Å². The highest BCUT2D eigenvalue weighted by atomic mass is 35.5. The number of nitrogens with zero attached hydrogens (tertiary/aromatic N) is 3. The SMILES string of the molecule is Cc1nn(-c2cccc(Cl)c2)c(Cl)c1CN1CCO[C@H](C(=O)O)C1. The van der Waals surface area contributed by atoms with E-state index in [-0.39, 0.29) is 0 Å². The summed E-state index contributed by atoms with van der Waals surface area (Å²) in [5, 5.41) is 14.7. The summed E-state index contributed by atoms with van der Waals surface area (Å²) in [5.41, 5.74) is 2.47. The number of carbonyl (C=O) groups is 1. The zero-order chi connectivity index (χ0) is 17.3. The molecule has 3 rings (SSSR count). The Bertz CT molecular complexity index is 763. The minimum Gasteiger partial charge on any atom is -0.479 e. The van der Waals surface area contributed by atoms with Crippen LogP contribution in [0.25, 0.3) is 5.69 Å². The molecule has 1 saturated heterocycles. The number of aryl methyl sites for hydroxylation is 1. The summed E-state index contributed by atoms with van der Waals surface area (Å²) in [6.45, 7) is 3.78. The highest BCUT2D eigenvalue weighted by molar-refractivity contribution is 6.31. The molecule has 128 valence electrons. The third-order valence-electron chi connectivity index (χ3n) is 3.98. The first-order chi connectivity index (χ1) is 11.5. The lowest BCUT2D eigenvalue weighted by Crippen LogP contribution is -2.45. The number of carboxylic acid groups (broad SMARTS) is 1. The standard InChI is InChI=1S/C16H17Cl2N3O3/c1-10-13(8-20-5-6-24-14(9-20)16(22)23)15(18)21(19-10)12-4-2-3-11(17)7-12/h2-4,7,14H,5-6,8-9H2,1H3,(H,22,23)/t14-/m0/s1. The number of benzene rings is 1. The molecule has 0 radical (unpaired) electrons. The molecular weight excluding hydrogens is 353 g/mol. The van der Waals surface area contributed by atoms with Gasteiger partial charge >= 0.3 is 5.97 Å². The zero-order valence-electron chi connectivity index (χ0n) is 13.1. The van der Waals surface area contributed by atoms with E-state index in [2.05, 4.69) is 5.10 Å². The van der Waals surface area contributed by atoms with Crippen molar-refractivity contribution in [3.63, 3.8) is 0 Å². The van der Waals surface area contributed by atoms with E-state index < -0.39 is 12.1 Å². The number of hydrogen-bond donors (Lipinski definition) is 1. The first kappa shape index (κ1) is 17.2. The molecule has 0 bridgehead atoms. The minimum atomic E-state index is -0.947. The average molecular weight is 370 g/mol. The van der Waals surface area contributed by atoms with E-state index in [0.717, 1.165) is 16.9 Å². The normalized spacial score (nSPS) is 18.7. The Balaban J connectivity index is 1.83. The molecule has 6 nitrogen and oxygen atoms in total. The molecule has 1 fully saturated rings. The summed E-state index contributed by atoms with van der Waals surface area (Å²) in [7, 11) is 0. The van der Waals surface area contributed by atoms with Gasteiger partial charge in [0, 0.05) is 30.2 Å². The molecule has 0 unspecified atom stereocenters. The Kier molecular flexibility index (Phi) is 5.10. The third-order valence-corrected chi connectivity index (χ3v) is 4.61. The second-order valence-electron chi connectivity index (χ2n) is 5.68. The minimum absolute atomic E-state index is 0.327. The van der Waals surface area contributed by atoms with Crippen LogP contribution in [-0.4, -0.2) is 51.6 Å². The van der Waals surface area contributed by atoms with Crippen LogP contribution in [-0.2, 0) is 16.1 Å². The largest absolute Gasteiger partial charge is 0.479 e. The fourth-order valence-corrected chi connectivity index (χ4v) is 3.23. The van der Waals surface area contributed by atoms with Crippen molar-refractivity contribution < 1.29 is 14.6 Å². The second kappa shape index (κ2) is 7.11. The smallest absolute Gasteiger partial charge is 0.334 e. The Morgan fingerprint density at radius 2 is 2.25 bits per heavy atom. The van der Waals surface area contributed by atoms with E-state index in [0.29, 0.717) is 36.4 Å². The summed E-state index contributed by atoms with van der Waals surface area (Å²) in [4.78, 5) is 13.1. The van der Waals surface area contributed by atoms with Crippen LogP contribution in [0.2, 0.25) is 10.2 Å². The van der Waals surface area contributed by atoms with Crippen LogP contribution in [0.1, 0.15) is 11.3 Å². The van der Waals surface area contributed by atoms with Gasteiger partial charge in [0.15, 0.2) is 6.10 Å². The molecule has 0 amide bonds. The van der Waals surface area contributed by atoms with Gasteiger partial charge in [-0.1, -0.05) is 29.3 Å². The number of carboxylic acids is 1. The molecule has 1 atom stereocenters. The summed E-state index contributed by atoms with van der Waals surface area (Å²) in [5.74, 6) is -0.947. The Hall–Kier alpha value is -1.60. The molecule has 0 saturated carbocycles. The molecule has 1 aromatic carbocycles. The maximum Gasteiger partial charge on any atom is 0.334 e. The fraction of sp³-hybridized carbons (Fsp3) is 0.375. The number of halogens is 2. The van der Waals surface area contributed by atoms with Crippen molar-refractivity contribution >= 4 is 29.2 Å². The van der Waals surface area contributed by atoms with Gasteiger partial charge in [-0.05, 0) is 25.1 Å². The van der Waals surface area contributed by atoms with Gasteiger partial charge in [-0.25, -0.2) is 9.48 Å². The zero-order valence-corrected chi connectivity index (χ0v) is 14.6. The van der Waals surface area contributed by atoms with Gasteiger partial charge in [0.05, 0.1) is 18.0 Å². The van der Waals surface area contributed by atoms with Crippen molar-refractivity contribution in [1.82, 2.24) is 14.7 Å². The number of morpholine rings is 1. The van der Waals surface area contributed by atoms with Crippen LogP contribution in [0.3, 0.4) is 0 Å². The molecule has 1 aliphatic heterocycles. The molecule has 2 heterocycles. The monoisotopic (exact) mass is 369 g/mol. The predicted molar refractivity (Wildman–Crippen MR) is 91.0 cm³/mol. The van der Waals surface area contributed by atoms with Gasteiger partial charge in [-0.15, -0.1) is 0 Å². The van der Waals surface area contributed by atoms with Gasteiger partial charge in [-0.2, -0.15) is 5.10 Å². The molecular formula is C16H17Cl2N3O3. The molecule has 2 aromatic rings. The highest BCUT2D eigenvalue weighted by Crippen LogP contribution is 2.26. The van der Waals surface area contributed by atoms with Gasteiger partial charge < -0.3 is 9.84 Å². The maximum atomic E-state index is 11.1. The summed E-state index contributed by atoms with van der Waals surface area (Å²) in [6, 6.07) is 7.29. The molecule has 8 heteroatoms. The van der Waals surface area contributed by atoms with Crippen molar-refractivity contribution in [2.24, 2.45) is 0 Å².